The number of hydrogen-bond acceptors (Lipinski definition) is 4. The van der Waals surface area contributed by atoms with Crippen LogP contribution in [0.25, 0.3) is 0 Å². The standard InChI is InChI=1S/C22H27N3O4S/c1-14(2)13-25-20-8-6-19(12-17(20)5-10-22(25)27)24-30(28,29)21-9-7-18(11-15(21)3)23-16(4)26/h6-9,11-12,14,24H,5,10,13H2,1-4H3,(H,23,26). The summed E-state index contributed by atoms with van der Waals surface area (Å²) in [5.41, 5.74) is 3.33. The summed E-state index contributed by atoms with van der Waals surface area (Å²) < 4.78 is 28.5. The molecule has 0 saturated heterocycles. The molecule has 1 aliphatic heterocycles. The normalized spacial score (nSPS) is 13.9. The Morgan fingerprint density at radius 1 is 1.10 bits per heavy atom. The predicted molar refractivity (Wildman–Crippen MR) is 118 cm³/mol. The molecule has 2 N–H and O–H groups in total. The van der Waals surface area contributed by atoms with Gasteiger partial charge in [0.05, 0.1) is 4.90 Å². The van der Waals surface area contributed by atoms with Gasteiger partial charge in [0.15, 0.2) is 0 Å². The van der Waals surface area contributed by atoms with Crippen LogP contribution in [0, 0.1) is 12.8 Å². The number of benzene rings is 2. The molecule has 2 aromatic rings. The van der Waals surface area contributed by atoms with Gasteiger partial charge in [-0.1, -0.05) is 13.8 Å². The van der Waals surface area contributed by atoms with Crippen LogP contribution < -0.4 is 14.9 Å². The summed E-state index contributed by atoms with van der Waals surface area (Å²) in [6.45, 7) is 7.83. The first kappa shape index (κ1) is 21.8. The molecule has 0 unspecified atom stereocenters. The number of rotatable bonds is 6. The molecule has 30 heavy (non-hydrogen) atoms. The Morgan fingerprint density at radius 3 is 2.43 bits per heavy atom. The van der Waals surface area contributed by atoms with E-state index in [9.17, 15) is 18.0 Å². The van der Waals surface area contributed by atoms with Crippen LogP contribution >= 0.6 is 0 Å². The van der Waals surface area contributed by atoms with Gasteiger partial charge in [0.25, 0.3) is 10.0 Å². The van der Waals surface area contributed by atoms with Crippen LogP contribution in [0.15, 0.2) is 41.3 Å². The molecule has 2 aromatic carbocycles. The van der Waals surface area contributed by atoms with E-state index >= 15 is 0 Å². The van der Waals surface area contributed by atoms with Crippen LogP contribution in [0.4, 0.5) is 17.1 Å². The molecular formula is C22H27N3O4S. The van der Waals surface area contributed by atoms with E-state index in [1.165, 1.54) is 13.0 Å². The molecular weight excluding hydrogens is 402 g/mol. The summed E-state index contributed by atoms with van der Waals surface area (Å²) in [5, 5.41) is 2.64. The smallest absolute Gasteiger partial charge is 0.262 e. The molecule has 0 radical (unpaired) electrons. The number of fused-ring (bicyclic) bond motifs is 1. The molecule has 8 heteroatoms. The second kappa shape index (κ2) is 8.47. The monoisotopic (exact) mass is 429 g/mol. The largest absolute Gasteiger partial charge is 0.326 e. The van der Waals surface area contributed by atoms with Gasteiger partial charge in [-0.2, -0.15) is 0 Å². The van der Waals surface area contributed by atoms with Crippen LogP contribution in [-0.2, 0) is 26.0 Å². The number of carbonyl (C=O) groups excluding carboxylic acids is 2. The van der Waals surface area contributed by atoms with Crippen molar-refractivity contribution in [2.45, 2.75) is 45.4 Å². The zero-order valence-corrected chi connectivity index (χ0v) is 18.5. The van der Waals surface area contributed by atoms with Crippen LogP contribution in [0.5, 0.6) is 0 Å². The lowest BCUT2D eigenvalue weighted by molar-refractivity contribution is -0.119. The van der Waals surface area contributed by atoms with E-state index in [0.717, 1.165) is 11.3 Å². The average molecular weight is 430 g/mol. The number of carbonyl (C=O) groups is 2. The van der Waals surface area contributed by atoms with Gasteiger partial charge in [0.1, 0.15) is 0 Å². The van der Waals surface area contributed by atoms with Crippen molar-refractivity contribution >= 4 is 38.9 Å². The van der Waals surface area contributed by atoms with Crippen LogP contribution in [0.2, 0.25) is 0 Å². The SMILES string of the molecule is CC(=O)Nc1ccc(S(=O)(=O)Nc2ccc3c(c2)CCC(=O)N3CC(C)C)c(C)c1. The third kappa shape index (κ3) is 4.81. The van der Waals surface area contributed by atoms with Gasteiger partial charge in [-0.05, 0) is 66.8 Å². The van der Waals surface area contributed by atoms with Crippen LogP contribution in [-0.4, -0.2) is 26.8 Å². The third-order valence-electron chi connectivity index (χ3n) is 4.86. The summed E-state index contributed by atoms with van der Waals surface area (Å²) >= 11 is 0. The third-order valence-corrected chi connectivity index (χ3v) is 6.41. The number of amides is 2. The van der Waals surface area contributed by atoms with Gasteiger partial charge in [-0.25, -0.2) is 8.42 Å². The molecule has 0 aliphatic carbocycles. The number of nitrogens with one attached hydrogen (secondary N) is 2. The summed E-state index contributed by atoms with van der Waals surface area (Å²) in [7, 11) is -3.80. The van der Waals surface area contributed by atoms with E-state index in [4.69, 9.17) is 0 Å². The first-order valence-electron chi connectivity index (χ1n) is 9.91. The Kier molecular flexibility index (Phi) is 6.17. The van der Waals surface area contributed by atoms with Gasteiger partial charge < -0.3 is 10.2 Å². The van der Waals surface area contributed by atoms with Crippen LogP contribution in [0.1, 0.15) is 38.3 Å². The Bertz CT molecular complexity index is 1090. The fourth-order valence-corrected chi connectivity index (χ4v) is 4.91. The lowest BCUT2D eigenvalue weighted by Crippen LogP contribution is -2.37. The maximum atomic E-state index is 12.9. The van der Waals surface area contributed by atoms with Crippen molar-refractivity contribution in [2.75, 3.05) is 21.5 Å². The van der Waals surface area contributed by atoms with E-state index in [1.807, 2.05) is 0 Å². The van der Waals surface area contributed by atoms with Crippen molar-refractivity contribution in [2.24, 2.45) is 5.92 Å². The highest BCUT2D eigenvalue weighted by molar-refractivity contribution is 7.92. The molecule has 1 heterocycles. The Hall–Kier alpha value is -2.87. The first-order chi connectivity index (χ1) is 14.1. The number of nitrogens with zero attached hydrogens (tertiary/aromatic N) is 1. The molecule has 0 spiro atoms. The molecule has 2 amide bonds. The van der Waals surface area contributed by atoms with E-state index < -0.39 is 10.0 Å². The van der Waals surface area contributed by atoms with Crippen molar-refractivity contribution in [3.05, 3.63) is 47.5 Å². The fourth-order valence-electron chi connectivity index (χ4n) is 3.63. The van der Waals surface area contributed by atoms with Gasteiger partial charge >= 0.3 is 0 Å². The number of sulfonamides is 1. The Balaban J connectivity index is 1.86. The fraction of sp³-hybridized carbons (Fsp3) is 0.364. The number of hydrogen-bond donors (Lipinski definition) is 2. The molecule has 0 saturated carbocycles. The van der Waals surface area contributed by atoms with Gasteiger partial charge in [0, 0.05) is 37.0 Å². The Labute approximate surface area is 177 Å². The van der Waals surface area contributed by atoms with Crippen molar-refractivity contribution in [1.82, 2.24) is 0 Å². The van der Waals surface area contributed by atoms with E-state index in [1.54, 1.807) is 42.2 Å². The van der Waals surface area contributed by atoms with Gasteiger partial charge in [-0.15, -0.1) is 0 Å². The topological polar surface area (TPSA) is 95.6 Å². The minimum atomic E-state index is -3.80. The molecule has 0 atom stereocenters. The zero-order chi connectivity index (χ0) is 22.1. The minimum Gasteiger partial charge on any atom is -0.326 e. The van der Waals surface area contributed by atoms with Crippen molar-refractivity contribution < 1.29 is 18.0 Å². The molecule has 0 fully saturated rings. The van der Waals surface area contributed by atoms with E-state index in [-0.39, 0.29) is 16.7 Å². The summed E-state index contributed by atoms with van der Waals surface area (Å²) in [4.78, 5) is 25.4. The Morgan fingerprint density at radius 2 is 1.80 bits per heavy atom. The van der Waals surface area contributed by atoms with Gasteiger partial charge in [-0.3, -0.25) is 14.3 Å². The average Bonchev–Trinajstić information content (AvgIpc) is 2.62. The molecule has 1 aliphatic rings. The lowest BCUT2D eigenvalue weighted by atomic mass is 9.99. The molecule has 3 rings (SSSR count). The maximum Gasteiger partial charge on any atom is 0.262 e. The number of aryl methyl sites for hydroxylation is 2. The molecule has 160 valence electrons. The molecule has 0 aromatic heterocycles. The molecule has 0 bridgehead atoms. The lowest BCUT2D eigenvalue weighted by Gasteiger charge is -2.31. The highest BCUT2D eigenvalue weighted by atomic mass is 32.2. The van der Waals surface area contributed by atoms with Gasteiger partial charge in [0.2, 0.25) is 11.8 Å². The summed E-state index contributed by atoms with van der Waals surface area (Å²) in [6.07, 6.45) is 1.00. The summed E-state index contributed by atoms with van der Waals surface area (Å²) in [5.74, 6) is 0.211. The second-order valence-electron chi connectivity index (χ2n) is 8.01. The van der Waals surface area contributed by atoms with E-state index in [2.05, 4.69) is 23.9 Å². The summed E-state index contributed by atoms with van der Waals surface area (Å²) in [6, 6.07) is 9.95. The van der Waals surface area contributed by atoms with Crippen molar-refractivity contribution in [1.29, 1.82) is 0 Å². The predicted octanol–water partition coefficient (Wildman–Crippen LogP) is 3.69. The molecule has 7 nitrogen and oxygen atoms in total. The maximum absolute atomic E-state index is 12.9. The van der Waals surface area contributed by atoms with Crippen LogP contribution in [0.3, 0.4) is 0 Å². The highest BCUT2D eigenvalue weighted by Gasteiger charge is 2.25. The highest BCUT2D eigenvalue weighted by Crippen LogP contribution is 2.32. The zero-order valence-electron chi connectivity index (χ0n) is 17.7. The second-order valence-corrected chi connectivity index (χ2v) is 9.66. The van der Waals surface area contributed by atoms with E-state index in [0.29, 0.717) is 42.2 Å². The quantitative estimate of drug-likeness (QED) is 0.732. The van der Waals surface area contributed by atoms with Crippen molar-refractivity contribution in [3.63, 3.8) is 0 Å². The minimum absolute atomic E-state index is 0.0967. The number of anilines is 3. The van der Waals surface area contributed by atoms with Crippen molar-refractivity contribution in [3.8, 4) is 0 Å². The first-order valence-corrected chi connectivity index (χ1v) is 11.4.